The molecule has 0 aliphatic heterocycles. The van der Waals surface area contributed by atoms with Crippen LogP contribution in [-0.2, 0) is 33.6 Å². The van der Waals surface area contributed by atoms with Crippen LogP contribution in [0.5, 0.6) is 23.0 Å². The summed E-state index contributed by atoms with van der Waals surface area (Å²) in [6.45, 7) is 3.53. The standard InChI is InChI=1S/C38H44BN3O8/c1-25(2)36(38(45)41-34(39(46)47)23-27-15-19-30(49-4)20-16-27)42-37(44)33(22-26-13-17-29(48-3)18-14-26)40-35(43)24-28-9-8-12-32(21-28)50-31-10-6-5-7-11-31/h5-21,25,33-34,36,46-47H,22-24H2,1-4H3,(H,40,43)(H,41,45)(H,42,44)/t33-,34-,36-/m0/s1. The molecule has 0 aliphatic carbocycles. The molecule has 0 spiro atoms. The Labute approximate surface area is 293 Å². The minimum atomic E-state index is -1.86. The number of benzene rings is 4. The average Bonchev–Trinajstić information content (AvgIpc) is 3.10. The van der Waals surface area contributed by atoms with Gasteiger partial charge in [0.25, 0.3) is 0 Å². The first-order valence-electron chi connectivity index (χ1n) is 16.4. The predicted molar refractivity (Wildman–Crippen MR) is 191 cm³/mol. The fraction of sp³-hybridized carbons (Fsp3) is 0.289. The fourth-order valence-electron chi connectivity index (χ4n) is 5.29. The fourth-order valence-corrected chi connectivity index (χ4v) is 5.29. The van der Waals surface area contributed by atoms with E-state index in [1.165, 1.54) is 0 Å². The second-order valence-corrected chi connectivity index (χ2v) is 12.2. The first-order valence-corrected chi connectivity index (χ1v) is 16.4. The summed E-state index contributed by atoms with van der Waals surface area (Å²) >= 11 is 0. The first-order chi connectivity index (χ1) is 24.0. The van der Waals surface area contributed by atoms with Crippen molar-refractivity contribution in [2.45, 2.75) is 51.1 Å². The van der Waals surface area contributed by atoms with Gasteiger partial charge < -0.3 is 40.2 Å². The molecule has 12 heteroatoms. The topological polar surface area (TPSA) is 155 Å². The number of carbonyl (C=O) groups is 3. The smallest absolute Gasteiger partial charge is 0.475 e. The van der Waals surface area contributed by atoms with Crippen molar-refractivity contribution >= 4 is 24.8 Å². The van der Waals surface area contributed by atoms with Crippen LogP contribution in [0.1, 0.15) is 30.5 Å². The minimum Gasteiger partial charge on any atom is -0.497 e. The number of hydrogen-bond acceptors (Lipinski definition) is 8. The van der Waals surface area contributed by atoms with Gasteiger partial charge in [0, 0.05) is 6.42 Å². The Morgan fingerprint density at radius 3 is 1.78 bits per heavy atom. The van der Waals surface area contributed by atoms with Crippen LogP contribution in [0.15, 0.2) is 103 Å². The van der Waals surface area contributed by atoms with E-state index in [2.05, 4.69) is 16.0 Å². The number of methoxy groups -OCH3 is 2. The third-order valence-electron chi connectivity index (χ3n) is 8.04. The van der Waals surface area contributed by atoms with Crippen molar-refractivity contribution in [1.29, 1.82) is 0 Å². The van der Waals surface area contributed by atoms with Crippen LogP contribution in [0.4, 0.5) is 0 Å². The molecule has 0 radical (unpaired) electrons. The van der Waals surface area contributed by atoms with Crippen LogP contribution >= 0.6 is 0 Å². The summed E-state index contributed by atoms with van der Waals surface area (Å²) in [6, 6.07) is 28.5. The predicted octanol–water partition coefficient (Wildman–Crippen LogP) is 3.65. The molecule has 262 valence electrons. The van der Waals surface area contributed by atoms with Crippen molar-refractivity contribution in [3.8, 4) is 23.0 Å². The molecule has 3 amide bonds. The third-order valence-corrected chi connectivity index (χ3v) is 8.04. The lowest BCUT2D eigenvalue weighted by Crippen LogP contribution is -2.59. The highest BCUT2D eigenvalue weighted by molar-refractivity contribution is 6.43. The van der Waals surface area contributed by atoms with E-state index >= 15 is 0 Å². The summed E-state index contributed by atoms with van der Waals surface area (Å²) in [7, 11) is 1.24. The summed E-state index contributed by atoms with van der Waals surface area (Å²) in [5, 5.41) is 28.5. The van der Waals surface area contributed by atoms with E-state index in [0.717, 1.165) is 11.1 Å². The number of ether oxygens (including phenoxy) is 3. The van der Waals surface area contributed by atoms with Gasteiger partial charge in [-0.1, -0.05) is 68.4 Å². The van der Waals surface area contributed by atoms with Crippen LogP contribution in [-0.4, -0.2) is 67.1 Å². The molecule has 3 atom stereocenters. The molecular formula is C38H44BN3O8. The second kappa shape index (κ2) is 18.4. The van der Waals surface area contributed by atoms with Crippen molar-refractivity contribution in [2.24, 2.45) is 5.92 Å². The van der Waals surface area contributed by atoms with Crippen molar-refractivity contribution in [2.75, 3.05) is 14.2 Å². The van der Waals surface area contributed by atoms with E-state index < -0.39 is 42.9 Å². The summed E-state index contributed by atoms with van der Waals surface area (Å²) in [5.41, 5.74) is 2.19. The van der Waals surface area contributed by atoms with Crippen molar-refractivity contribution in [1.82, 2.24) is 16.0 Å². The monoisotopic (exact) mass is 681 g/mol. The maximum atomic E-state index is 13.8. The van der Waals surface area contributed by atoms with Crippen LogP contribution in [0.3, 0.4) is 0 Å². The lowest BCUT2D eigenvalue weighted by Gasteiger charge is -2.27. The maximum Gasteiger partial charge on any atom is 0.475 e. The van der Waals surface area contributed by atoms with Crippen molar-refractivity contribution < 1.29 is 38.6 Å². The lowest BCUT2D eigenvalue weighted by atomic mass is 9.75. The molecule has 0 saturated carbocycles. The number of rotatable bonds is 17. The molecule has 0 aromatic heterocycles. The number of para-hydroxylation sites is 1. The van der Waals surface area contributed by atoms with E-state index in [4.69, 9.17) is 14.2 Å². The normalized spacial score (nSPS) is 12.6. The Morgan fingerprint density at radius 1 is 0.640 bits per heavy atom. The summed E-state index contributed by atoms with van der Waals surface area (Å²) < 4.78 is 16.3. The average molecular weight is 682 g/mol. The molecule has 50 heavy (non-hydrogen) atoms. The Hall–Kier alpha value is -5.33. The zero-order valence-corrected chi connectivity index (χ0v) is 28.7. The molecule has 4 rings (SSSR count). The van der Waals surface area contributed by atoms with Gasteiger partial charge in [0.15, 0.2) is 0 Å². The zero-order chi connectivity index (χ0) is 36.0. The van der Waals surface area contributed by atoms with Gasteiger partial charge in [-0.3, -0.25) is 14.4 Å². The van der Waals surface area contributed by atoms with Gasteiger partial charge >= 0.3 is 7.12 Å². The summed E-state index contributed by atoms with van der Waals surface area (Å²) in [6.07, 6.45) is 0.244. The van der Waals surface area contributed by atoms with Gasteiger partial charge in [0.2, 0.25) is 17.7 Å². The Morgan fingerprint density at radius 2 is 1.22 bits per heavy atom. The van der Waals surface area contributed by atoms with Gasteiger partial charge in [0.05, 0.1) is 26.6 Å². The molecule has 4 aromatic rings. The van der Waals surface area contributed by atoms with Gasteiger partial charge in [0.1, 0.15) is 35.1 Å². The van der Waals surface area contributed by atoms with Crippen LogP contribution in [0.2, 0.25) is 0 Å². The highest BCUT2D eigenvalue weighted by Gasteiger charge is 2.33. The Balaban J connectivity index is 1.47. The summed E-state index contributed by atoms with van der Waals surface area (Å²) in [5.74, 6) is -0.472. The number of amides is 3. The zero-order valence-electron chi connectivity index (χ0n) is 28.7. The quantitative estimate of drug-likeness (QED) is 0.106. The Bertz CT molecular complexity index is 1680. The van der Waals surface area contributed by atoms with Crippen LogP contribution in [0.25, 0.3) is 0 Å². The van der Waals surface area contributed by atoms with Crippen LogP contribution in [0, 0.1) is 5.92 Å². The largest absolute Gasteiger partial charge is 0.497 e. The van der Waals surface area contributed by atoms with E-state index in [-0.39, 0.29) is 25.2 Å². The van der Waals surface area contributed by atoms with E-state index in [9.17, 15) is 24.4 Å². The number of carbonyl (C=O) groups excluding carboxylic acids is 3. The van der Waals surface area contributed by atoms with Gasteiger partial charge in [-0.15, -0.1) is 0 Å². The van der Waals surface area contributed by atoms with Crippen LogP contribution < -0.4 is 30.2 Å². The van der Waals surface area contributed by atoms with Gasteiger partial charge in [-0.2, -0.15) is 0 Å². The van der Waals surface area contributed by atoms with E-state index in [0.29, 0.717) is 28.6 Å². The lowest BCUT2D eigenvalue weighted by molar-refractivity contribution is -0.132. The van der Waals surface area contributed by atoms with Crippen molar-refractivity contribution in [3.05, 3.63) is 120 Å². The first kappa shape index (κ1) is 37.5. The highest BCUT2D eigenvalue weighted by Crippen LogP contribution is 2.22. The van der Waals surface area contributed by atoms with E-state index in [1.807, 2.05) is 30.3 Å². The Kier molecular flexibility index (Phi) is 13.8. The van der Waals surface area contributed by atoms with Crippen molar-refractivity contribution in [3.63, 3.8) is 0 Å². The molecule has 0 fully saturated rings. The second-order valence-electron chi connectivity index (χ2n) is 12.2. The highest BCUT2D eigenvalue weighted by atomic mass is 16.5. The van der Waals surface area contributed by atoms with Gasteiger partial charge in [-0.05, 0) is 77.6 Å². The SMILES string of the molecule is COc1ccc(C[C@H](NC(=O)[C@@H](NC(=O)[C@H](Cc2ccc(OC)cc2)NC(=O)Cc2cccc(Oc3ccccc3)c2)C(C)C)B(O)O)cc1. The molecule has 4 aromatic carbocycles. The third kappa shape index (κ3) is 11.4. The molecule has 0 aliphatic rings. The molecule has 0 unspecified atom stereocenters. The number of hydrogen-bond donors (Lipinski definition) is 5. The molecule has 5 N–H and O–H groups in total. The number of nitrogens with one attached hydrogen (secondary N) is 3. The maximum absolute atomic E-state index is 13.8. The van der Waals surface area contributed by atoms with E-state index in [1.54, 1.807) is 101 Å². The molecule has 11 nitrogen and oxygen atoms in total. The molecule has 0 saturated heterocycles. The molecule has 0 heterocycles. The molecule has 0 bridgehead atoms. The summed E-state index contributed by atoms with van der Waals surface area (Å²) in [4.78, 5) is 40.7. The van der Waals surface area contributed by atoms with Gasteiger partial charge in [-0.25, -0.2) is 0 Å². The molecular weight excluding hydrogens is 637 g/mol. The minimum absolute atomic E-state index is 0.0199.